The summed E-state index contributed by atoms with van der Waals surface area (Å²) in [5, 5.41) is 39.9. The van der Waals surface area contributed by atoms with Crippen molar-refractivity contribution in [3.8, 4) is 0 Å². The van der Waals surface area contributed by atoms with E-state index in [0.29, 0.717) is 73.1 Å². The van der Waals surface area contributed by atoms with Gasteiger partial charge in [-0.15, -0.1) is 0 Å². The zero-order valence-corrected chi connectivity index (χ0v) is 40.9. The van der Waals surface area contributed by atoms with Crippen LogP contribution in [0.3, 0.4) is 0 Å². The number of rotatable bonds is 12. The number of aryl methyl sites for hydroxylation is 2. The van der Waals surface area contributed by atoms with Crippen molar-refractivity contribution in [2.45, 2.75) is 129 Å². The van der Waals surface area contributed by atoms with Gasteiger partial charge in [-0.3, -0.25) is 0 Å². The van der Waals surface area contributed by atoms with Crippen LogP contribution >= 0.6 is 0 Å². The SMILES string of the molecule is CC[C@@H](O)c1cnc(N2CCn3c(nc4cc(CO)c(S(C)(=O)=O)cc43)[C@H]2C(C)C)nc1C.CC[C@H](O)c1cnc(N2CCn3c(nc4cc(CO)c(S(C)(=O)=O)cc43)[C@H]2C(C)C)nc1C. The number of hydrogen-bond acceptors (Lipinski definition) is 16. The van der Waals surface area contributed by atoms with Crippen LogP contribution in [-0.2, 0) is 46.0 Å². The number of aliphatic hydroxyl groups is 4. The fourth-order valence-corrected chi connectivity index (χ4v) is 11.2. The Morgan fingerprint density at radius 2 is 0.970 bits per heavy atom. The molecule has 0 fully saturated rings. The number of sulfone groups is 2. The molecule has 356 valence electrons. The molecule has 2 aliphatic heterocycles. The Bertz CT molecular complexity index is 2810. The van der Waals surface area contributed by atoms with E-state index in [-0.39, 0.29) is 46.9 Å². The first-order valence-corrected chi connectivity index (χ1v) is 26.2. The molecule has 0 amide bonds. The van der Waals surface area contributed by atoms with Crippen LogP contribution < -0.4 is 9.80 Å². The second kappa shape index (κ2) is 18.9. The van der Waals surface area contributed by atoms with Crippen LogP contribution in [0, 0.1) is 25.7 Å². The van der Waals surface area contributed by atoms with Crippen LogP contribution in [0.1, 0.15) is 124 Å². The van der Waals surface area contributed by atoms with Crippen molar-refractivity contribution in [1.29, 1.82) is 0 Å². The molecule has 0 bridgehead atoms. The van der Waals surface area contributed by atoms with Gasteiger partial charge in [-0.2, -0.15) is 0 Å². The Morgan fingerprint density at radius 3 is 1.26 bits per heavy atom. The van der Waals surface area contributed by atoms with E-state index in [9.17, 15) is 37.3 Å². The topological polar surface area (TPSA) is 243 Å². The summed E-state index contributed by atoms with van der Waals surface area (Å²) >= 11 is 0. The number of imidazole rings is 2. The Kier molecular flexibility index (Phi) is 14.0. The number of aliphatic hydroxyl groups excluding tert-OH is 4. The highest BCUT2D eigenvalue weighted by Crippen LogP contribution is 2.39. The van der Waals surface area contributed by atoms with Gasteiger partial charge in [0.05, 0.1) is 69.4 Å². The third kappa shape index (κ3) is 9.14. The van der Waals surface area contributed by atoms with Crippen LogP contribution in [0.2, 0.25) is 0 Å². The Labute approximate surface area is 386 Å². The first-order valence-electron chi connectivity index (χ1n) is 22.4. The summed E-state index contributed by atoms with van der Waals surface area (Å²) in [6.07, 6.45) is 5.72. The third-order valence-corrected chi connectivity index (χ3v) is 15.0. The molecular formula is C46H62N10O8S2. The van der Waals surface area contributed by atoms with Gasteiger partial charge in [0.2, 0.25) is 11.9 Å². The van der Waals surface area contributed by atoms with Crippen molar-refractivity contribution < 1.29 is 37.3 Å². The number of hydrogen-bond donors (Lipinski definition) is 4. The molecule has 2 aromatic carbocycles. The summed E-state index contributed by atoms with van der Waals surface area (Å²) in [6, 6.07) is 6.35. The summed E-state index contributed by atoms with van der Waals surface area (Å²) in [5.41, 5.74) is 6.47. The summed E-state index contributed by atoms with van der Waals surface area (Å²) in [7, 11) is -6.99. The number of anilines is 2. The maximum Gasteiger partial charge on any atom is 0.226 e. The zero-order valence-electron chi connectivity index (χ0n) is 39.3. The molecule has 66 heavy (non-hydrogen) atoms. The standard InChI is InChI=1S/2C23H31N5O4S/c2*1-6-19(30)16-11-24-23(25-14(16)4)28-8-7-27-18-10-20(33(5,31)32)15(12-29)9-17(18)26-22(27)21(28)13(2)3/h2*9-11,13,19,21,29-30H,6-8,12H2,1-5H3/t19-,21+;19-,21-/m01/s1. The summed E-state index contributed by atoms with van der Waals surface area (Å²) in [6.45, 7) is 17.7. The molecule has 0 aliphatic carbocycles. The Morgan fingerprint density at radius 1 is 0.606 bits per heavy atom. The van der Waals surface area contributed by atoms with Gasteiger partial charge in [0.25, 0.3) is 0 Å². The first-order chi connectivity index (χ1) is 31.1. The normalized spacial score (nSPS) is 17.6. The predicted molar refractivity (Wildman–Crippen MR) is 251 cm³/mol. The predicted octanol–water partition coefficient (Wildman–Crippen LogP) is 5.38. The molecule has 20 heteroatoms. The lowest BCUT2D eigenvalue weighted by atomic mass is 10.00. The summed E-state index contributed by atoms with van der Waals surface area (Å²) in [4.78, 5) is 32.8. The van der Waals surface area contributed by atoms with Crippen LogP contribution in [-0.4, -0.2) is 102 Å². The molecule has 8 rings (SSSR count). The lowest BCUT2D eigenvalue weighted by Gasteiger charge is -2.38. The van der Waals surface area contributed by atoms with Crippen molar-refractivity contribution >= 4 is 53.6 Å². The lowest BCUT2D eigenvalue weighted by Crippen LogP contribution is -2.42. The second-order valence-electron chi connectivity index (χ2n) is 18.0. The number of benzene rings is 2. The van der Waals surface area contributed by atoms with E-state index in [0.717, 1.165) is 57.7 Å². The van der Waals surface area contributed by atoms with E-state index in [2.05, 4.69) is 56.6 Å². The highest BCUT2D eigenvalue weighted by atomic mass is 32.2. The highest BCUT2D eigenvalue weighted by molar-refractivity contribution is 7.91. The van der Waals surface area contributed by atoms with E-state index in [1.165, 1.54) is 0 Å². The molecular weight excluding hydrogens is 885 g/mol. The van der Waals surface area contributed by atoms with Crippen molar-refractivity contribution in [2.75, 3.05) is 35.4 Å². The second-order valence-corrected chi connectivity index (χ2v) is 22.0. The molecule has 0 radical (unpaired) electrons. The fourth-order valence-electron chi connectivity index (χ4n) is 9.32. The average Bonchev–Trinajstić information content (AvgIpc) is 3.83. The molecule has 0 saturated heterocycles. The van der Waals surface area contributed by atoms with E-state index in [4.69, 9.17) is 19.9 Å². The molecule has 4 atom stereocenters. The van der Waals surface area contributed by atoms with E-state index in [1.54, 1.807) is 36.7 Å². The molecule has 18 nitrogen and oxygen atoms in total. The van der Waals surface area contributed by atoms with Crippen molar-refractivity contribution in [3.63, 3.8) is 0 Å². The van der Waals surface area contributed by atoms with Crippen LogP contribution in [0.4, 0.5) is 11.9 Å². The van der Waals surface area contributed by atoms with Gasteiger partial charge < -0.3 is 39.4 Å². The van der Waals surface area contributed by atoms with Crippen molar-refractivity contribution in [2.24, 2.45) is 11.8 Å². The van der Waals surface area contributed by atoms with Crippen molar-refractivity contribution in [3.05, 3.63) is 81.9 Å². The maximum absolute atomic E-state index is 12.3. The number of aromatic nitrogens is 8. The number of nitrogens with zero attached hydrogens (tertiary/aromatic N) is 10. The molecule has 0 unspecified atom stereocenters. The summed E-state index contributed by atoms with van der Waals surface area (Å²) in [5.74, 6) is 3.17. The molecule has 0 spiro atoms. The highest BCUT2D eigenvalue weighted by Gasteiger charge is 2.37. The van der Waals surface area contributed by atoms with Crippen LogP contribution in [0.15, 0.2) is 46.5 Å². The summed E-state index contributed by atoms with van der Waals surface area (Å²) < 4.78 is 53.3. The van der Waals surface area contributed by atoms with Gasteiger partial charge in [-0.05, 0) is 73.9 Å². The maximum atomic E-state index is 12.3. The monoisotopic (exact) mass is 946 g/mol. The number of fused-ring (bicyclic) bond motifs is 6. The van der Waals surface area contributed by atoms with Gasteiger partial charge >= 0.3 is 0 Å². The Balaban J connectivity index is 0.000000196. The van der Waals surface area contributed by atoms with E-state index in [1.807, 2.05) is 27.7 Å². The van der Waals surface area contributed by atoms with Gasteiger partial charge in [0.15, 0.2) is 19.7 Å². The zero-order chi connectivity index (χ0) is 48.2. The first kappa shape index (κ1) is 48.8. The van der Waals surface area contributed by atoms with E-state index < -0.39 is 31.9 Å². The van der Waals surface area contributed by atoms with Gasteiger partial charge in [-0.1, -0.05) is 41.5 Å². The third-order valence-electron chi connectivity index (χ3n) is 12.7. The Hall–Kier alpha value is -5.12. The molecule has 4 N–H and O–H groups in total. The van der Waals surface area contributed by atoms with E-state index >= 15 is 0 Å². The minimum absolute atomic E-state index is 0.119. The molecule has 6 aromatic rings. The minimum atomic E-state index is -3.50. The lowest BCUT2D eigenvalue weighted by molar-refractivity contribution is 0.171. The minimum Gasteiger partial charge on any atom is -0.392 e. The largest absolute Gasteiger partial charge is 0.392 e. The van der Waals surface area contributed by atoms with Gasteiger partial charge in [0.1, 0.15) is 11.6 Å². The van der Waals surface area contributed by atoms with Gasteiger partial charge in [-0.25, -0.2) is 46.7 Å². The molecule has 2 aliphatic rings. The molecule has 0 saturated carbocycles. The van der Waals surface area contributed by atoms with Crippen LogP contribution in [0.25, 0.3) is 22.1 Å². The average molecular weight is 947 g/mol. The van der Waals surface area contributed by atoms with Crippen LogP contribution in [0.5, 0.6) is 0 Å². The molecule has 4 aromatic heterocycles. The molecule has 6 heterocycles. The quantitative estimate of drug-likeness (QED) is 0.120. The van der Waals surface area contributed by atoms with Crippen molar-refractivity contribution in [1.82, 2.24) is 39.0 Å². The van der Waals surface area contributed by atoms with Gasteiger partial charge in [0, 0.05) is 73.6 Å². The fraction of sp³-hybridized carbons (Fsp3) is 0.522. The smallest absolute Gasteiger partial charge is 0.226 e.